The molecule has 2 heterocycles. The number of sulfone groups is 1. The quantitative estimate of drug-likeness (QED) is 0.549. The average molecular weight is 454 g/mol. The SMILES string of the molecule is CCS(=O)(=O)c1ccc(OCCCC2CCN(c3nc(C(C)(C)C)no3)CC2)cc1F. The summed E-state index contributed by atoms with van der Waals surface area (Å²) in [5.74, 6) is 0.778. The molecular weight excluding hydrogens is 421 g/mol. The van der Waals surface area contributed by atoms with E-state index in [2.05, 4.69) is 35.8 Å². The first-order chi connectivity index (χ1) is 14.6. The molecule has 31 heavy (non-hydrogen) atoms. The van der Waals surface area contributed by atoms with E-state index in [4.69, 9.17) is 9.26 Å². The van der Waals surface area contributed by atoms with Gasteiger partial charge in [0.15, 0.2) is 15.7 Å². The summed E-state index contributed by atoms with van der Waals surface area (Å²) < 4.78 is 48.8. The van der Waals surface area contributed by atoms with E-state index in [1.54, 1.807) is 0 Å². The summed E-state index contributed by atoms with van der Waals surface area (Å²) >= 11 is 0. The molecule has 0 spiro atoms. The van der Waals surface area contributed by atoms with Gasteiger partial charge in [0.2, 0.25) is 0 Å². The Bertz CT molecular complexity index is 977. The van der Waals surface area contributed by atoms with Gasteiger partial charge in [-0.3, -0.25) is 0 Å². The largest absolute Gasteiger partial charge is 0.493 e. The number of halogens is 1. The van der Waals surface area contributed by atoms with Crippen LogP contribution in [0.1, 0.15) is 59.2 Å². The van der Waals surface area contributed by atoms with Crippen LogP contribution in [-0.2, 0) is 15.3 Å². The zero-order chi connectivity index (χ0) is 22.6. The van der Waals surface area contributed by atoms with Crippen molar-refractivity contribution in [2.24, 2.45) is 5.92 Å². The van der Waals surface area contributed by atoms with Crippen molar-refractivity contribution in [2.45, 2.75) is 63.7 Å². The lowest BCUT2D eigenvalue weighted by Gasteiger charge is -2.30. The third-order valence-corrected chi connectivity index (χ3v) is 7.38. The molecule has 3 rings (SSSR count). The predicted molar refractivity (Wildman–Crippen MR) is 117 cm³/mol. The summed E-state index contributed by atoms with van der Waals surface area (Å²) in [6.07, 6.45) is 3.97. The highest BCUT2D eigenvalue weighted by molar-refractivity contribution is 7.91. The molecule has 1 aromatic heterocycles. The minimum Gasteiger partial charge on any atom is -0.493 e. The van der Waals surface area contributed by atoms with Gasteiger partial charge in [0.05, 0.1) is 12.4 Å². The molecule has 0 amide bonds. The average Bonchev–Trinajstić information content (AvgIpc) is 3.22. The maximum atomic E-state index is 14.1. The highest BCUT2D eigenvalue weighted by atomic mass is 32.2. The number of nitrogens with zero attached hydrogens (tertiary/aromatic N) is 3. The van der Waals surface area contributed by atoms with Crippen LogP contribution in [0.25, 0.3) is 0 Å². The first kappa shape index (κ1) is 23.5. The second-order valence-electron chi connectivity index (χ2n) is 9.07. The van der Waals surface area contributed by atoms with Crippen molar-refractivity contribution in [2.75, 3.05) is 30.3 Å². The Labute approximate surface area is 183 Å². The van der Waals surface area contributed by atoms with Crippen LogP contribution in [-0.4, -0.2) is 44.0 Å². The van der Waals surface area contributed by atoms with Crippen molar-refractivity contribution in [3.8, 4) is 5.75 Å². The summed E-state index contributed by atoms with van der Waals surface area (Å²) in [4.78, 5) is 6.40. The van der Waals surface area contributed by atoms with E-state index in [1.807, 2.05) is 0 Å². The predicted octanol–water partition coefficient (Wildman–Crippen LogP) is 4.38. The zero-order valence-electron chi connectivity index (χ0n) is 18.7. The van der Waals surface area contributed by atoms with Gasteiger partial charge in [-0.2, -0.15) is 4.98 Å². The smallest absolute Gasteiger partial charge is 0.324 e. The van der Waals surface area contributed by atoms with E-state index in [-0.39, 0.29) is 16.1 Å². The lowest BCUT2D eigenvalue weighted by Crippen LogP contribution is -2.34. The van der Waals surface area contributed by atoms with Gasteiger partial charge < -0.3 is 14.2 Å². The van der Waals surface area contributed by atoms with Crippen LogP contribution in [0.15, 0.2) is 27.6 Å². The van der Waals surface area contributed by atoms with Crippen LogP contribution in [0.3, 0.4) is 0 Å². The van der Waals surface area contributed by atoms with Crippen LogP contribution < -0.4 is 9.64 Å². The Kier molecular flexibility index (Phi) is 7.24. The summed E-state index contributed by atoms with van der Waals surface area (Å²) in [6, 6.07) is 4.54. The van der Waals surface area contributed by atoms with Crippen LogP contribution in [0.4, 0.5) is 10.4 Å². The number of piperidine rings is 1. The summed E-state index contributed by atoms with van der Waals surface area (Å²) in [6.45, 7) is 9.92. The Morgan fingerprint density at radius 2 is 1.97 bits per heavy atom. The Balaban J connectivity index is 1.41. The Hall–Kier alpha value is -2.16. The van der Waals surface area contributed by atoms with E-state index in [1.165, 1.54) is 19.1 Å². The fourth-order valence-electron chi connectivity index (χ4n) is 3.60. The molecule has 1 aliphatic heterocycles. The molecule has 172 valence electrons. The van der Waals surface area contributed by atoms with Crippen molar-refractivity contribution >= 4 is 15.9 Å². The summed E-state index contributed by atoms with van der Waals surface area (Å²) in [5.41, 5.74) is -0.131. The molecule has 0 bridgehead atoms. The molecule has 2 aromatic rings. The topological polar surface area (TPSA) is 85.5 Å². The third kappa shape index (κ3) is 5.96. The van der Waals surface area contributed by atoms with E-state index in [9.17, 15) is 12.8 Å². The third-order valence-electron chi connectivity index (χ3n) is 5.62. The van der Waals surface area contributed by atoms with Gasteiger partial charge in [-0.15, -0.1) is 0 Å². The monoisotopic (exact) mass is 453 g/mol. The number of anilines is 1. The fourth-order valence-corrected chi connectivity index (χ4v) is 4.55. The normalized spacial score (nSPS) is 16.0. The second-order valence-corrected chi connectivity index (χ2v) is 11.3. The van der Waals surface area contributed by atoms with Crippen LogP contribution >= 0.6 is 0 Å². The Morgan fingerprint density at radius 3 is 2.55 bits per heavy atom. The molecule has 0 atom stereocenters. The number of hydrogen-bond acceptors (Lipinski definition) is 7. The minimum atomic E-state index is -3.57. The molecule has 0 N–H and O–H groups in total. The number of aromatic nitrogens is 2. The maximum absolute atomic E-state index is 14.1. The first-order valence-corrected chi connectivity index (χ1v) is 12.5. The van der Waals surface area contributed by atoms with Gasteiger partial charge in [0, 0.05) is 24.6 Å². The van der Waals surface area contributed by atoms with Gasteiger partial charge in [-0.05, 0) is 43.7 Å². The van der Waals surface area contributed by atoms with Crippen molar-refractivity contribution in [3.05, 3.63) is 29.8 Å². The van der Waals surface area contributed by atoms with E-state index in [0.717, 1.165) is 50.7 Å². The summed E-state index contributed by atoms with van der Waals surface area (Å²) in [7, 11) is -3.57. The van der Waals surface area contributed by atoms with Crippen LogP contribution in [0.5, 0.6) is 5.75 Å². The molecule has 0 aliphatic carbocycles. The first-order valence-electron chi connectivity index (χ1n) is 10.8. The molecule has 7 nitrogen and oxygen atoms in total. The van der Waals surface area contributed by atoms with Gasteiger partial charge in [-0.1, -0.05) is 32.9 Å². The molecule has 9 heteroatoms. The molecule has 1 aliphatic rings. The van der Waals surface area contributed by atoms with Gasteiger partial charge in [0.1, 0.15) is 16.5 Å². The number of rotatable bonds is 8. The lowest BCUT2D eigenvalue weighted by molar-refractivity contribution is 0.275. The van der Waals surface area contributed by atoms with Crippen molar-refractivity contribution in [1.29, 1.82) is 0 Å². The van der Waals surface area contributed by atoms with Gasteiger partial charge in [-0.25, -0.2) is 12.8 Å². The molecule has 1 fully saturated rings. The zero-order valence-corrected chi connectivity index (χ0v) is 19.5. The van der Waals surface area contributed by atoms with Crippen LogP contribution in [0.2, 0.25) is 0 Å². The van der Waals surface area contributed by atoms with Gasteiger partial charge >= 0.3 is 6.01 Å². The molecule has 1 aromatic carbocycles. The number of benzene rings is 1. The lowest BCUT2D eigenvalue weighted by atomic mass is 9.92. The second kappa shape index (κ2) is 9.54. The minimum absolute atomic E-state index is 0.131. The van der Waals surface area contributed by atoms with Crippen molar-refractivity contribution in [3.63, 3.8) is 0 Å². The molecule has 0 radical (unpaired) electrons. The van der Waals surface area contributed by atoms with Crippen LogP contribution in [0, 0.1) is 11.7 Å². The standard InChI is InChI=1S/C22H32FN3O4S/c1-5-31(27,28)19-9-8-17(15-18(19)23)29-14-6-7-16-10-12-26(13-11-16)21-24-20(25-30-21)22(2,3)4/h8-9,15-16H,5-7,10-14H2,1-4H3. The van der Waals surface area contributed by atoms with Gasteiger partial charge in [0.25, 0.3) is 0 Å². The van der Waals surface area contributed by atoms with E-state index < -0.39 is 15.7 Å². The maximum Gasteiger partial charge on any atom is 0.324 e. The highest BCUT2D eigenvalue weighted by Gasteiger charge is 2.26. The molecule has 0 unspecified atom stereocenters. The van der Waals surface area contributed by atoms with E-state index in [0.29, 0.717) is 24.3 Å². The molecule has 0 saturated carbocycles. The number of hydrogen-bond donors (Lipinski definition) is 0. The fraction of sp³-hybridized carbons (Fsp3) is 0.636. The molecular formula is C22H32FN3O4S. The van der Waals surface area contributed by atoms with Crippen molar-refractivity contribution in [1.82, 2.24) is 10.1 Å². The molecule has 1 saturated heterocycles. The van der Waals surface area contributed by atoms with Crippen molar-refractivity contribution < 1.29 is 22.1 Å². The summed E-state index contributed by atoms with van der Waals surface area (Å²) in [5, 5.41) is 4.10. The van der Waals surface area contributed by atoms with E-state index >= 15 is 0 Å². The highest BCUT2D eigenvalue weighted by Crippen LogP contribution is 2.28. The number of ether oxygens (including phenoxy) is 1. The Morgan fingerprint density at radius 1 is 1.26 bits per heavy atom.